The smallest absolute Gasteiger partial charge is 0.318 e. The quantitative estimate of drug-likeness (QED) is 0.494. The molecule has 5 nitrogen and oxygen atoms in total. The molecule has 0 saturated heterocycles. The molecule has 0 aromatic heterocycles. The van der Waals surface area contributed by atoms with Gasteiger partial charge in [0.15, 0.2) is 0 Å². The molecule has 1 rings (SSSR count). The second kappa shape index (κ2) is 8.04. The Bertz CT molecular complexity index is 498. The summed E-state index contributed by atoms with van der Waals surface area (Å²) in [5.41, 5.74) is 3.29. The van der Waals surface area contributed by atoms with Gasteiger partial charge in [0.2, 0.25) is 0 Å². The fourth-order valence-electron chi connectivity index (χ4n) is 1.41. The number of halogens is 1. The Kier molecular flexibility index (Phi) is 6.36. The summed E-state index contributed by atoms with van der Waals surface area (Å²) in [5, 5.41) is 6.18. The number of carbonyl (C=O) groups is 2. The van der Waals surface area contributed by atoms with Crippen molar-refractivity contribution in [3.05, 3.63) is 30.1 Å². The van der Waals surface area contributed by atoms with E-state index in [4.69, 9.17) is 0 Å². The predicted octanol–water partition coefficient (Wildman–Crippen LogP) is 2.45. The zero-order chi connectivity index (χ0) is 15.0. The summed E-state index contributed by atoms with van der Waals surface area (Å²) in [6.45, 7) is 3.84. The molecule has 0 bridgehead atoms. The van der Waals surface area contributed by atoms with Gasteiger partial charge in [-0.1, -0.05) is 13.3 Å². The van der Waals surface area contributed by atoms with Crippen molar-refractivity contribution < 1.29 is 14.0 Å². The van der Waals surface area contributed by atoms with Crippen molar-refractivity contribution in [1.29, 1.82) is 0 Å². The first-order valence-corrected chi connectivity index (χ1v) is 6.43. The lowest BCUT2D eigenvalue weighted by Crippen LogP contribution is -2.32. The third-order valence-corrected chi connectivity index (χ3v) is 2.55. The number of nitrogens with zero attached hydrogens (tertiary/aromatic N) is 1. The summed E-state index contributed by atoms with van der Waals surface area (Å²) in [5.74, 6) is -2.11. The summed E-state index contributed by atoms with van der Waals surface area (Å²) in [7, 11) is 0. The van der Waals surface area contributed by atoms with E-state index in [0.717, 1.165) is 25.0 Å². The Morgan fingerprint density at radius 3 is 2.45 bits per heavy atom. The van der Waals surface area contributed by atoms with Crippen molar-refractivity contribution in [1.82, 2.24) is 5.43 Å². The highest BCUT2D eigenvalue weighted by molar-refractivity contribution is 6.39. The normalized spacial score (nSPS) is 11.1. The van der Waals surface area contributed by atoms with Crippen molar-refractivity contribution in [2.75, 3.05) is 5.32 Å². The third kappa shape index (κ3) is 5.60. The third-order valence-electron chi connectivity index (χ3n) is 2.55. The van der Waals surface area contributed by atoms with E-state index in [-0.39, 0.29) is 0 Å². The SMILES string of the molecule is CCCC/C(C)=N/NC(=O)C(=O)Nc1ccc(F)cc1. The zero-order valence-corrected chi connectivity index (χ0v) is 11.6. The van der Waals surface area contributed by atoms with Gasteiger partial charge in [-0.2, -0.15) is 5.10 Å². The molecule has 0 aliphatic heterocycles. The van der Waals surface area contributed by atoms with Crippen LogP contribution in [0.5, 0.6) is 0 Å². The highest BCUT2D eigenvalue weighted by Gasteiger charge is 2.12. The number of hydrazone groups is 1. The van der Waals surface area contributed by atoms with Crippen LogP contribution in [0.2, 0.25) is 0 Å². The fraction of sp³-hybridized carbons (Fsp3) is 0.357. The molecule has 108 valence electrons. The number of anilines is 1. The molecule has 0 fully saturated rings. The summed E-state index contributed by atoms with van der Waals surface area (Å²) in [4.78, 5) is 23.0. The number of hydrogen-bond donors (Lipinski definition) is 2. The second-order valence-electron chi connectivity index (χ2n) is 4.35. The molecular formula is C14H18FN3O2. The second-order valence-corrected chi connectivity index (χ2v) is 4.35. The molecule has 0 spiro atoms. The molecule has 0 radical (unpaired) electrons. The van der Waals surface area contributed by atoms with Gasteiger partial charge in [0.05, 0.1) is 0 Å². The van der Waals surface area contributed by atoms with E-state index in [9.17, 15) is 14.0 Å². The highest BCUT2D eigenvalue weighted by atomic mass is 19.1. The monoisotopic (exact) mass is 279 g/mol. The largest absolute Gasteiger partial charge is 0.329 e. The number of nitrogens with one attached hydrogen (secondary N) is 2. The molecule has 1 aromatic rings. The van der Waals surface area contributed by atoms with Crippen LogP contribution in [0.4, 0.5) is 10.1 Å². The highest BCUT2D eigenvalue weighted by Crippen LogP contribution is 2.07. The van der Waals surface area contributed by atoms with Crippen LogP contribution in [0, 0.1) is 5.82 Å². The zero-order valence-electron chi connectivity index (χ0n) is 11.6. The van der Waals surface area contributed by atoms with Crippen molar-refractivity contribution in [3.63, 3.8) is 0 Å². The van der Waals surface area contributed by atoms with Crippen LogP contribution in [0.1, 0.15) is 33.1 Å². The van der Waals surface area contributed by atoms with Crippen molar-refractivity contribution in [2.45, 2.75) is 33.1 Å². The van der Waals surface area contributed by atoms with Gasteiger partial charge in [-0.25, -0.2) is 9.82 Å². The van der Waals surface area contributed by atoms with Crippen LogP contribution in [0.3, 0.4) is 0 Å². The van der Waals surface area contributed by atoms with Crippen LogP contribution in [0.15, 0.2) is 29.4 Å². The molecule has 0 aliphatic carbocycles. The van der Waals surface area contributed by atoms with Gasteiger partial charge in [-0.15, -0.1) is 0 Å². The number of carbonyl (C=O) groups excluding carboxylic acids is 2. The lowest BCUT2D eigenvalue weighted by molar-refractivity contribution is -0.136. The van der Waals surface area contributed by atoms with Crippen LogP contribution in [-0.2, 0) is 9.59 Å². The molecule has 2 N–H and O–H groups in total. The number of rotatable bonds is 5. The average Bonchev–Trinajstić information content (AvgIpc) is 2.44. The first-order valence-electron chi connectivity index (χ1n) is 6.43. The van der Waals surface area contributed by atoms with E-state index in [1.807, 2.05) is 0 Å². The molecule has 0 heterocycles. The van der Waals surface area contributed by atoms with E-state index < -0.39 is 17.6 Å². The maximum atomic E-state index is 12.7. The molecule has 0 aliphatic rings. The number of benzene rings is 1. The van der Waals surface area contributed by atoms with Crippen molar-refractivity contribution in [2.24, 2.45) is 5.10 Å². The summed E-state index contributed by atoms with van der Waals surface area (Å²) < 4.78 is 12.7. The summed E-state index contributed by atoms with van der Waals surface area (Å²) >= 11 is 0. The van der Waals surface area contributed by atoms with E-state index in [1.165, 1.54) is 24.3 Å². The number of hydrogen-bond acceptors (Lipinski definition) is 3. The first-order chi connectivity index (χ1) is 9.52. The molecule has 0 unspecified atom stereocenters. The van der Waals surface area contributed by atoms with Crippen molar-refractivity contribution in [3.8, 4) is 0 Å². The van der Waals surface area contributed by atoms with E-state index >= 15 is 0 Å². The van der Waals surface area contributed by atoms with Crippen molar-refractivity contribution >= 4 is 23.2 Å². The minimum atomic E-state index is -0.856. The molecule has 20 heavy (non-hydrogen) atoms. The van der Waals surface area contributed by atoms with Gasteiger partial charge in [-0.3, -0.25) is 9.59 Å². The summed E-state index contributed by atoms with van der Waals surface area (Å²) in [6.07, 6.45) is 2.79. The molecule has 0 saturated carbocycles. The lowest BCUT2D eigenvalue weighted by Gasteiger charge is -2.04. The van der Waals surface area contributed by atoms with Gasteiger partial charge < -0.3 is 5.32 Å². The summed E-state index contributed by atoms with van der Waals surface area (Å²) in [6, 6.07) is 5.13. The molecular weight excluding hydrogens is 261 g/mol. The van der Waals surface area contributed by atoms with Crippen LogP contribution < -0.4 is 10.7 Å². The maximum Gasteiger partial charge on any atom is 0.329 e. The molecule has 0 atom stereocenters. The molecule has 1 aromatic carbocycles. The Balaban J connectivity index is 2.47. The predicted molar refractivity (Wildman–Crippen MR) is 75.8 cm³/mol. The minimum absolute atomic E-state index is 0.346. The Hall–Kier alpha value is -2.24. The standard InChI is InChI=1S/C14H18FN3O2/c1-3-4-5-10(2)17-18-14(20)13(19)16-12-8-6-11(15)7-9-12/h6-9H,3-5H2,1-2H3,(H,16,19)(H,18,20)/b17-10+. The Labute approximate surface area is 117 Å². The van der Waals surface area contributed by atoms with E-state index in [0.29, 0.717) is 5.69 Å². The Morgan fingerprint density at radius 2 is 1.85 bits per heavy atom. The number of unbranched alkanes of at least 4 members (excludes halogenated alkanes) is 1. The maximum absolute atomic E-state index is 12.7. The van der Waals surface area contributed by atoms with Crippen LogP contribution in [-0.4, -0.2) is 17.5 Å². The lowest BCUT2D eigenvalue weighted by atomic mass is 10.2. The molecule has 2 amide bonds. The van der Waals surface area contributed by atoms with Gasteiger partial charge in [-0.05, 0) is 44.0 Å². The van der Waals surface area contributed by atoms with E-state index in [1.54, 1.807) is 6.92 Å². The molecule has 6 heteroatoms. The fourth-order valence-corrected chi connectivity index (χ4v) is 1.41. The average molecular weight is 279 g/mol. The minimum Gasteiger partial charge on any atom is -0.318 e. The van der Waals surface area contributed by atoms with Gasteiger partial charge in [0.1, 0.15) is 5.82 Å². The van der Waals surface area contributed by atoms with Crippen LogP contribution in [0.25, 0.3) is 0 Å². The Morgan fingerprint density at radius 1 is 1.20 bits per heavy atom. The number of amides is 2. The topological polar surface area (TPSA) is 70.6 Å². The van der Waals surface area contributed by atoms with Gasteiger partial charge in [0, 0.05) is 11.4 Å². The first kappa shape index (κ1) is 15.8. The van der Waals surface area contributed by atoms with Gasteiger partial charge in [0.25, 0.3) is 0 Å². The van der Waals surface area contributed by atoms with Gasteiger partial charge >= 0.3 is 11.8 Å². The van der Waals surface area contributed by atoms with Crippen LogP contribution >= 0.6 is 0 Å². The van der Waals surface area contributed by atoms with E-state index in [2.05, 4.69) is 22.8 Å².